The normalized spacial score (nSPS) is 19.4. The molecule has 3 atom stereocenters. The number of benzene rings is 4. The van der Waals surface area contributed by atoms with E-state index in [1.54, 1.807) is 0 Å². The fourth-order valence-corrected chi connectivity index (χ4v) is 5.38. The summed E-state index contributed by atoms with van der Waals surface area (Å²) in [4.78, 5) is 0. The first kappa shape index (κ1) is 23.2. The first-order valence-corrected chi connectivity index (χ1v) is 13.0. The minimum absolute atomic E-state index is 0.195. The minimum atomic E-state index is 0.195. The second-order valence-electron chi connectivity index (χ2n) is 9.55. The summed E-state index contributed by atoms with van der Waals surface area (Å²) in [6, 6.07) is 35.2. The number of anilines is 1. The molecule has 0 saturated heterocycles. The third-order valence-corrected chi connectivity index (χ3v) is 7.20. The van der Waals surface area contributed by atoms with Gasteiger partial charge in [0.1, 0.15) is 37.1 Å². The second kappa shape index (κ2) is 10.8. The van der Waals surface area contributed by atoms with Crippen LogP contribution in [-0.4, -0.2) is 13.2 Å². The fraction of sp³-hybridized carbons (Fsp3) is 0.212. The highest BCUT2D eigenvalue weighted by Gasteiger charge is 2.39. The highest BCUT2D eigenvalue weighted by Crippen LogP contribution is 2.52. The van der Waals surface area contributed by atoms with Gasteiger partial charge in [-0.05, 0) is 59.4 Å². The fourth-order valence-electron chi connectivity index (χ4n) is 5.38. The summed E-state index contributed by atoms with van der Waals surface area (Å²) in [5.74, 6) is 3.46. The van der Waals surface area contributed by atoms with Crippen molar-refractivity contribution < 1.29 is 14.2 Å². The van der Waals surface area contributed by atoms with Gasteiger partial charge in [0, 0.05) is 5.92 Å². The lowest BCUT2D eigenvalue weighted by atomic mass is 9.77. The summed E-state index contributed by atoms with van der Waals surface area (Å²) in [5.41, 5.74) is 4.82. The highest BCUT2D eigenvalue weighted by molar-refractivity contribution is 5.67. The molecule has 0 spiro atoms. The SMILES string of the molecule is C1=CC2c3cccc(OCCOc4ccccc4)c3NC(c3ccc(OCc4ccccc4)cc3)C2C1. The van der Waals surface area contributed by atoms with E-state index in [0.717, 1.165) is 29.4 Å². The minimum Gasteiger partial charge on any atom is -0.490 e. The van der Waals surface area contributed by atoms with Crippen molar-refractivity contribution in [3.05, 3.63) is 132 Å². The number of para-hydroxylation sites is 2. The van der Waals surface area contributed by atoms with Crippen LogP contribution in [0.5, 0.6) is 17.2 Å². The van der Waals surface area contributed by atoms with Gasteiger partial charge in [0.2, 0.25) is 0 Å². The maximum atomic E-state index is 6.22. The Morgan fingerprint density at radius 1 is 0.676 bits per heavy atom. The Labute approximate surface area is 218 Å². The van der Waals surface area contributed by atoms with Crippen molar-refractivity contribution in [2.24, 2.45) is 5.92 Å². The molecule has 4 nitrogen and oxygen atoms in total. The van der Waals surface area contributed by atoms with Gasteiger partial charge in [-0.1, -0.05) is 84.9 Å². The highest BCUT2D eigenvalue weighted by atomic mass is 16.5. The molecule has 0 bridgehead atoms. The third-order valence-electron chi connectivity index (χ3n) is 7.20. The molecule has 0 amide bonds. The van der Waals surface area contributed by atoms with Crippen molar-refractivity contribution in [1.29, 1.82) is 0 Å². The Balaban J connectivity index is 1.16. The monoisotopic (exact) mass is 489 g/mol. The van der Waals surface area contributed by atoms with Gasteiger partial charge in [0.05, 0.1) is 11.7 Å². The molecule has 0 saturated carbocycles. The molecule has 0 aromatic heterocycles. The molecule has 2 aliphatic rings. The molecule has 3 unspecified atom stereocenters. The maximum absolute atomic E-state index is 6.22. The molecule has 1 N–H and O–H groups in total. The van der Waals surface area contributed by atoms with E-state index in [0.29, 0.717) is 31.7 Å². The predicted molar refractivity (Wildman–Crippen MR) is 147 cm³/mol. The summed E-state index contributed by atoms with van der Waals surface area (Å²) in [6.07, 6.45) is 5.73. The molecule has 1 aliphatic carbocycles. The van der Waals surface area contributed by atoms with Crippen LogP contribution in [0.4, 0.5) is 5.69 Å². The lowest BCUT2D eigenvalue weighted by Gasteiger charge is -2.38. The first-order valence-electron chi connectivity index (χ1n) is 13.0. The molecule has 1 aliphatic heterocycles. The Kier molecular flexibility index (Phi) is 6.80. The summed E-state index contributed by atoms with van der Waals surface area (Å²) in [6.45, 7) is 1.54. The van der Waals surface area contributed by atoms with Crippen molar-refractivity contribution in [3.63, 3.8) is 0 Å². The zero-order valence-corrected chi connectivity index (χ0v) is 20.8. The van der Waals surface area contributed by atoms with Crippen LogP contribution >= 0.6 is 0 Å². The topological polar surface area (TPSA) is 39.7 Å². The van der Waals surface area contributed by atoms with Crippen LogP contribution < -0.4 is 19.5 Å². The van der Waals surface area contributed by atoms with Gasteiger partial charge in [-0.25, -0.2) is 0 Å². The lowest BCUT2D eigenvalue weighted by Crippen LogP contribution is -2.29. The van der Waals surface area contributed by atoms with Crippen LogP contribution in [0.25, 0.3) is 0 Å². The van der Waals surface area contributed by atoms with Crippen molar-refractivity contribution in [2.45, 2.75) is 25.0 Å². The Hall–Kier alpha value is -4.18. The Morgan fingerprint density at radius 3 is 2.22 bits per heavy atom. The number of fused-ring (bicyclic) bond motifs is 3. The van der Waals surface area contributed by atoms with Gasteiger partial charge < -0.3 is 19.5 Å². The van der Waals surface area contributed by atoms with Crippen LogP contribution in [0.1, 0.15) is 35.1 Å². The standard InChI is InChI=1S/C33H31NO3/c1-3-9-24(10-4-1)23-37-27-19-17-25(18-20-27)32-29-14-7-13-28(29)30-15-8-16-31(33(30)34-32)36-22-21-35-26-11-5-2-6-12-26/h1-13,15-20,28-29,32,34H,14,21-23H2. The number of nitrogens with one attached hydrogen (secondary N) is 1. The third kappa shape index (κ3) is 5.19. The quantitative estimate of drug-likeness (QED) is 0.195. The summed E-state index contributed by atoms with van der Waals surface area (Å²) >= 11 is 0. The Bertz CT molecular complexity index is 1340. The van der Waals surface area contributed by atoms with E-state index in [2.05, 4.69) is 66.0 Å². The number of hydrogen-bond donors (Lipinski definition) is 1. The molecule has 1 heterocycles. The number of ether oxygens (including phenoxy) is 3. The van der Waals surface area contributed by atoms with E-state index >= 15 is 0 Å². The lowest BCUT2D eigenvalue weighted by molar-refractivity contribution is 0.217. The zero-order chi connectivity index (χ0) is 24.9. The molecule has 0 fully saturated rings. The van der Waals surface area contributed by atoms with Crippen molar-refractivity contribution in [1.82, 2.24) is 0 Å². The molecule has 4 heteroatoms. The van der Waals surface area contributed by atoms with E-state index in [1.165, 1.54) is 16.7 Å². The molecule has 6 rings (SSSR count). The van der Waals surface area contributed by atoms with Crippen LogP contribution in [0.15, 0.2) is 115 Å². The van der Waals surface area contributed by atoms with E-state index in [1.807, 2.05) is 54.6 Å². The van der Waals surface area contributed by atoms with E-state index in [4.69, 9.17) is 14.2 Å². The molecule has 4 aromatic rings. The molecule has 0 radical (unpaired) electrons. The number of hydrogen-bond acceptors (Lipinski definition) is 4. The van der Waals surface area contributed by atoms with E-state index in [9.17, 15) is 0 Å². The maximum Gasteiger partial charge on any atom is 0.142 e. The van der Waals surface area contributed by atoms with E-state index in [-0.39, 0.29) is 6.04 Å². The molecule has 4 aromatic carbocycles. The summed E-state index contributed by atoms with van der Waals surface area (Å²) in [5, 5.41) is 3.84. The molecule has 37 heavy (non-hydrogen) atoms. The summed E-state index contributed by atoms with van der Waals surface area (Å²) < 4.78 is 18.1. The average Bonchev–Trinajstić information content (AvgIpc) is 3.46. The smallest absolute Gasteiger partial charge is 0.142 e. The van der Waals surface area contributed by atoms with Gasteiger partial charge in [0.25, 0.3) is 0 Å². The van der Waals surface area contributed by atoms with Gasteiger partial charge in [-0.3, -0.25) is 0 Å². The van der Waals surface area contributed by atoms with Gasteiger partial charge >= 0.3 is 0 Å². The number of rotatable bonds is 9. The Morgan fingerprint density at radius 2 is 1.41 bits per heavy atom. The largest absolute Gasteiger partial charge is 0.490 e. The molecule has 186 valence electrons. The zero-order valence-electron chi connectivity index (χ0n) is 20.8. The van der Waals surface area contributed by atoms with Crippen molar-refractivity contribution in [3.8, 4) is 17.2 Å². The van der Waals surface area contributed by atoms with Gasteiger partial charge in [-0.15, -0.1) is 0 Å². The summed E-state index contributed by atoms with van der Waals surface area (Å²) in [7, 11) is 0. The van der Waals surface area contributed by atoms with Crippen molar-refractivity contribution in [2.75, 3.05) is 18.5 Å². The predicted octanol–water partition coefficient (Wildman–Crippen LogP) is 7.55. The van der Waals surface area contributed by atoms with Gasteiger partial charge in [0.15, 0.2) is 0 Å². The van der Waals surface area contributed by atoms with Crippen LogP contribution in [0.3, 0.4) is 0 Å². The van der Waals surface area contributed by atoms with Crippen LogP contribution in [0.2, 0.25) is 0 Å². The van der Waals surface area contributed by atoms with Crippen LogP contribution in [-0.2, 0) is 6.61 Å². The van der Waals surface area contributed by atoms with Crippen LogP contribution in [0, 0.1) is 5.92 Å². The average molecular weight is 490 g/mol. The molecular formula is C33H31NO3. The second-order valence-corrected chi connectivity index (χ2v) is 9.55. The number of allylic oxidation sites excluding steroid dienone is 2. The molecular weight excluding hydrogens is 458 g/mol. The van der Waals surface area contributed by atoms with Gasteiger partial charge in [-0.2, -0.15) is 0 Å². The van der Waals surface area contributed by atoms with E-state index < -0.39 is 0 Å². The van der Waals surface area contributed by atoms with Crippen molar-refractivity contribution >= 4 is 5.69 Å². The first-order chi connectivity index (χ1) is 18.3.